The summed E-state index contributed by atoms with van der Waals surface area (Å²) < 4.78 is 115. The van der Waals surface area contributed by atoms with Crippen molar-refractivity contribution < 1.29 is 25.8 Å². The Bertz CT molecular complexity index is 3300. The summed E-state index contributed by atoms with van der Waals surface area (Å²) in [6.45, 7) is 5.61. The van der Waals surface area contributed by atoms with E-state index in [4.69, 9.17) is 26.2 Å². The van der Waals surface area contributed by atoms with Gasteiger partial charge in [0.05, 0.1) is 36.1 Å². The molecule has 0 N–H and O–H groups in total. The van der Waals surface area contributed by atoms with Gasteiger partial charge in [-0.2, -0.15) is 0 Å². The predicted octanol–water partition coefficient (Wildman–Crippen LogP) is 11.8. The highest BCUT2D eigenvalue weighted by molar-refractivity contribution is 6.09. The summed E-state index contributed by atoms with van der Waals surface area (Å²) in [5.74, 6) is 1.55. The summed E-state index contributed by atoms with van der Waals surface area (Å²) in [6, 6.07) is 23.8. The molecule has 0 aliphatic rings. The van der Waals surface area contributed by atoms with Crippen LogP contribution in [0.25, 0.3) is 61.3 Å². The molecule has 0 radical (unpaired) electrons. The molecule has 0 aliphatic heterocycles. The van der Waals surface area contributed by atoms with Crippen molar-refractivity contribution in [2.75, 3.05) is 0 Å². The molecule has 5 nitrogen and oxygen atoms in total. The maximum atomic E-state index is 8.95. The van der Waals surface area contributed by atoms with Gasteiger partial charge in [-0.3, -0.25) is 13.7 Å². The van der Waals surface area contributed by atoms with Gasteiger partial charge in [0.2, 0.25) is 0 Å². The van der Waals surface area contributed by atoms with E-state index in [0.29, 0.717) is 28.6 Å². The quantitative estimate of drug-likeness (QED) is 0.116. The molecule has 0 aliphatic carbocycles. The molecule has 54 heavy (non-hydrogen) atoms. The van der Waals surface area contributed by atoms with Crippen LogP contribution in [0.2, 0.25) is 0 Å². The fraction of sp³-hybridized carbons (Fsp3) is 0.102. The number of ether oxygens (including phenoxy) is 1. The maximum Gasteiger partial charge on any atom is 0.268 e. The monoisotopic (exact) mass is 712 g/mol. The molecule has 6 aromatic carbocycles. The van der Waals surface area contributed by atoms with Gasteiger partial charge >= 0.3 is 0 Å². The molecule has 0 saturated heterocycles. The van der Waals surface area contributed by atoms with Gasteiger partial charge in [-0.1, -0.05) is 124 Å². The molecule has 262 valence electrons. The fourth-order valence-electron chi connectivity index (χ4n) is 6.71. The van der Waals surface area contributed by atoms with E-state index in [2.05, 4.69) is 6.33 Å². The molecule has 3 heterocycles. The van der Waals surface area contributed by atoms with Crippen molar-refractivity contribution in [3.63, 3.8) is 0 Å². The predicted molar refractivity (Wildman–Crippen MR) is 219 cm³/mol. The number of hydrogen-bond acceptors (Lipinski definition) is 2. The molecule has 0 amide bonds. The Kier molecular flexibility index (Phi) is 5.67. The number of aromatic nitrogens is 4. The second-order valence-corrected chi connectivity index (χ2v) is 13.7. The van der Waals surface area contributed by atoms with Gasteiger partial charge in [-0.15, -0.1) is 0 Å². The molecule has 5 heteroatoms. The Balaban J connectivity index is 1.14. The number of nitrogens with zero attached hydrogens (tertiary/aromatic N) is 4. The zero-order chi connectivity index (χ0) is 47.1. The molecule has 0 fully saturated rings. The van der Waals surface area contributed by atoms with Crippen molar-refractivity contribution >= 4 is 21.8 Å². The number of imidazole rings is 1. The number of fused-ring (bicyclic) bond motifs is 3. The lowest BCUT2D eigenvalue weighted by molar-refractivity contribution is -0.598. The van der Waals surface area contributed by atoms with Crippen molar-refractivity contribution in [2.24, 2.45) is 5.41 Å². The van der Waals surface area contributed by atoms with Crippen molar-refractivity contribution in [3.05, 3.63) is 188 Å². The number of pyridine rings is 1. The summed E-state index contributed by atoms with van der Waals surface area (Å²) in [7, 11) is 0. The van der Waals surface area contributed by atoms with Crippen LogP contribution in [0.1, 0.15) is 42.8 Å². The molecule has 0 unspecified atom stereocenters. The Morgan fingerprint density at radius 3 is 2.15 bits per heavy atom. The highest BCUT2D eigenvalue weighted by Gasteiger charge is 2.18. The van der Waals surface area contributed by atoms with Gasteiger partial charge in [-0.05, 0) is 88.1 Å². The number of para-hydroxylation sites is 2. The molecule has 0 atom stereocenters. The van der Waals surface area contributed by atoms with Gasteiger partial charge in [0.25, 0.3) is 6.33 Å². The molecule has 9 rings (SSSR count). The van der Waals surface area contributed by atoms with E-state index in [1.807, 2.05) is 73.9 Å². The number of rotatable bonds is 8. The third kappa shape index (κ3) is 6.45. The van der Waals surface area contributed by atoms with Crippen molar-refractivity contribution in [3.8, 4) is 50.9 Å². The largest absolute Gasteiger partial charge is 0.458 e. The van der Waals surface area contributed by atoms with Crippen LogP contribution >= 0.6 is 0 Å². The molecule has 0 bridgehead atoms. The first-order valence-corrected chi connectivity index (χ1v) is 17.4. The first-order chi connectivity index (χ1) is 31.3. The van der Waals surface area contributed by atoms with Crippen molar-refractivity contribution in [2.45, 2.75) is 27.1 Å². The van der Waals surface area contributed by atoms with Crippen LogP contribution in [0.3, 0.4) is 0 Å². The van der Waals surface area contributed by atoms with Crippen LogP contribution in [0.15, 0.2) is 176 Å². The van der Waals surface area contributed by atoms with Gasteiger partial charge in [0.1, 0.15) is 17.3 Å². The Morgan fingerprint density at radius 1 is 0.722 bits per heavy atom. The molecular weight excluding hydrogens is 661 g/mol. The zero-order valence-corrected chi connectivity index (χ0v) is 29.7. The van der Waals surface area contributed by atoms with Gasteiger partial charge in [0, 0.05) is 38.2 Å². The summed E-state index contributed by atoms with van der Waals surface area (Å²) in [4.78, 5) is 4.71. The highest BCUT2D eigenvalue weighted by Crippen LogP contribution is 2.36. The van der Waals surface area contributed by atoms with E-state index < -0.39 is 72.2 Å². The SMILES string of the molecule is [2H]c1c([2H])c([2H])c(-c2cccc(-c3c([2H])c([2H])c([2H])c([2H])c3[2H])c2-[n+]2[c-]n(-c3cccc(Oc4ccc5c6ccccc6n(-c6cc(C([2H])([2H])C(C)(C)C)ccn6)c5c4)c3)cc2)c([2H])c1[2H]. The van der Waals surface area contributed by atoms with Crippen molar-refractivity contribution in [1.82, 2.24) is 14.1 Å². The summed E-state index contributed by atoms with van der Waals surface area (Å²) >= 11 is 0. The number of benzene rings is 6. The Labute approximate surface area is 332 Å². The average Bonchev–Trinajstić information content (AvgIpc) is 3.92. The number of hydrogen-bond donors (Lipinski definition) is 0. The van der Waals surface area contributed by atoms with Gasteiger partial charge in [-0.25, -0.2) is 4.98 Å². The lowest BCUT2D eigenvalue weighted by atomic mass is 9.88. The van der Waals surface area contributed by atoms with E-state index in [0.717, 1.165) is 21.8 Å². The summed E-state index contributed by atoms with van der Waals surface area (Å²) in [6.07, 6.45) is 6.52. The lowest BCUT2D eigenvalue weighted by Crippen LogP contribution is -2.30. The van der Waals surface area contributed by atoms with E-state index >= 15 is 0 Å². The van der Waals surface area contributed by atoms with Crippen LogP contribution in [0.4, 0.5) is 0 Å². The van der Waals surface area contributed by atoms with Gasteiger partial charge < -0.3 is 4.74 Å². The first kappa shape index (κ1) is 22.4. The van der Waals surface area contributed by atoms with Crippen LogP contribution in [-0.4, -0.2) is 14.1 Å². The smallest absolute Gasteiger partial charge is 0.268 e. The van der Waals surface area contributed by atoms with E-state index in [-0.39, 0.29) is 27.9 Å². The zero-order valence-electron chi connectivity index (χ0n) is 41.7. The van der Waals surface area contributed by atoms with Gasteiger partial charge in [0.15, 0.2) is 0 Å². The minimum absolute atomic E-state index is 0.139. The normalized spacial score (nSPS) is 15.1. The Morgan fingerprint density at radius 2 is 1.41 bits per heavy atom. The second-order valence-electron chi connectivity index (χ2n) is 13.7. The van der Waals surface area contributed by atoms with Crippen LogP contribution in [0, 0.1) is 11.7 Å². The third-order valence-electron chi connectivity index (χ3n) is 8.87. The summed E-state index contributed by atoms with van der Waals surface area (Å²) in [5, 5.41) is 1.95. The Hall–Kier alpha value is -6.72. The van der Waals surface area contributed by atoms with E-state index in [1.165, 1.54) is 4.57 Å². The minimum Gasteiger partial charge on any atom is -0.458 e. The highest BCUT2D eigenvalue weighted by atomic mass is 16.5. The molecule has 3 aromatic heterocycles. The molecular formula is C49H40N4O. The molecule has 9 aromatic rings. The maximum absolute atomic E-state index is 8.95. The minimum atomic E-state index is -1.64. The first-order valence-electron chi connectivity index (χ1n) is 23.4. The standard InChI is InChI=1S/C49H40N4O/c1-49(2,3)33-35-26-27-50-47(30-35)53-45-23-11-10-20-43(45)44-25-24-40(32-46(44)53)54-39-19-12-18-38(31-39)51-28-29-52(34-51)48-41(36-14-6-4-7-15-36)21-13-22-42(48)37-16-8-5-9-17-37/h4-32H,33H2,1-3H3/i4D,5D,6D,7D,8D,9D,14D,15D,16D,17D,33D2. The van der Waals surface area contributed by atoms with E-state index in [1.54, 1.807) is 71.7 Å². The summed E-state index contributed by atoms with van der Waals surface area (Å²) in [5.41, 5.74) is 2.32. The topological polar surface area (TPSA) is 35.9 Å². The van der Waals surface area contributed by atoms with Crippen molar-refractivity contribution in [1.29, 1.82) is 0 Å². The molecule has 0 saturated carbocycles. The van der Waals surface area contributed by atoms with Crippen LogP contribution in [0.5, 0.6) is 11.5 Å². The fourth-order valence-corrected chi connectivity index (χ4v) is 6.71. The van der Waals surface area contributed by atoms with Crippen LogP contribution < -0.4 is 9.30 Å². The average molecular weight is 713 g/mol. The van der Waals surface area contributed by atoms with Crippen LogP contribution in [-0.2, 0) is 6.37 Å². The second kappa shape index (κ2) is 13.7. The molecule has 0 spiro atoms. The third-order valence-corrected chi connectivity index (χ3v) is 8.87. The van der Waals surface area contributed by atoms with E-state index in [9.17, 15) is 0 Å². The lowest BCUT2D eigenvalue weighted by Gasteiger charge is -2.18.